The van der Waals surface area contributed by atoms with E-state index in [-0.39, 0.29) is 44.5 Å². The van der Waals surface area contributed by atoms with E-state index in [2.05, 4.69) is 33.1 Å². The molecule has 0 radical (unpaired) electrons. The van der Waals surface area contributed by atoms with Crippen LogP contribution in [0, 0.1) is 17.8 Å². The first-order valence-electron chi connectivity index (χ1n) is 17.2. The number of carbonyl (C=O) groups excluding carboxylic acids is 6. The fourth-order valence-corrected chi connectivity index (χ4v) is 5.83. The third-order valence-electron chi connectivity index (χ3n) is 8.87. The van der Waals surface area contributed by atoms with Crippen LogP contribution in [0.1, 0.15) is 62.6 Å². The molecule has 2 aliphatic rings. The monoisotopic (exact) mass is 716 g/mol. The van der Waals surface area contributed by atoms with Crippen molar-refractivity contribution in [2.24, 2.45) is 5.92 Å². The minimum absolute atomic E-state index is 0.105. The summed E-state index contributed by atoms with van der Waals surface area (Å²) in [4.78, 5) is 91.1. The number of amides is 6. The molecule has 2 heterocycles. The van der Waals surface area contributed by atoms with Gasteiger partial charge in [0.2, 0.25) is 35.4 Å². The Hall–Kier alpha value is -5.75. The van der Waals surface area contributed by atoms with E-state index in [1.807, 2.05) is 55.5 Å². The number of carboxylic acids is 1. The second-order valence-corrected chi connectivity index (χ2v) is 12.5. The molecule has 2 aromatic carbocycles. The van der Waals surface area contributed by atoms with Crippen molar-refractivity contribution in [3.8, 4) is 11.8 Å². The summed E-state index contributed by atoms with van der Waals surface area (Å²) >= 11 is 0. The van der Waals surface area contributed by atoms with Gasteiger partial charge in [0, 0.05) is 30.5 Å². The molecule has 52 heavy (non-hydrogen) atoms. The average Bonchev–Trinajstić information content (AvgIpc) is 3.63. The van der Waals surface area contributed by atoms with Crippen LogP contribution in [0.2, 0.25) is 0 Å². The highest BCUT2D eigenvalue weighted by atomic mass is 16.5. The Morgan fingerprint density at radius 1 is 0.885 bits per heavy atom. The summed E-state index contributed by atoms with van der Waals surface area (Å²) in [5, 5.41) is 18.8. The molecule has 0 saturated carbocycles. The molecule has 0 spiro atoms. The highest BCUT2D eigenvalue weighted by molar-refractivity contribution is 5.97. The van der Waals surface area contributed by atoms with Crippen molar-refractivity contribution in [3.63, 3.8) is 0 Å². The number of anilines is 1. The molecule has 0 aromatic heterocycles. The third kappa shape index (κ3) is 10.9. The van der Waals surface area contributed by atoms with Crippen molar-refractivity contribution >= 4 is 47.1 Å². The summed E-state index contributed by atoms with van der Waals surface area (Å²) in [6.07, 6.45) is 1.19. The second-order valence-electron chi connectivity index (χ2n) is 12.5. The number of para-hydroxylation sites is 1. The Morgan fingerprint density at radius 2 is 1.58 bits per heavy atom. The molecule has 3 atom stereocenters. The van der Waals surface area contributed by atoms with Crippen LogP contribution < -0.4 is 26.2 Å². The van der Waals surface area contributed by atoms with Gasteiger partial charge in [-0.3, -0.25) is 28.8 Å². The van der Waals surface area contributed by atoms with Crippen LogP contribution in [0.15, 0.2) is 48.5 Å². The number of fused-ring (bicyclic) bond motifs is 2. The number of likely N-dealkylation sites (tertiary alicyclic amines) is 1. The van der Waals surface area contributed by atoms with Crippen LogP contribution in [-0.4, -0.2) is 96.5 Å². The van der Waals surface area contributed by atoms with Gasteiger partial charge in [0.15, 0.2) is 0 Å². The topological polar surface area (TPSA) is 204 Å². The minimum atomic E-state index is -1.19. The van der Waals surface area contributed by atoms with Gasteiger partial charge in [-0.2, -0.15) is 0 Å². The highest BCUT2D eigenvalue weighted by Gasteiger charge is 2.37. The molecular formula is C37H44N6O9. The van der Waals surface area contributed by atoms with Crippen LogP contribution in [0.25, 0.3) is 0 Å². The van der Waals surface area contributed by atoms with E-state index < -0.39 is 67.3 Å². The Balaban J connectivity index is 1.22. The highest BCUT2D eigenvalue weighted by Crippen LogP contribution is 2.26. The van der Waals surface area contributed by atoms with Crippen LogP contribution in [0.4, 0.5) is 5.69 Å². The van der Waals surface area contributed by atoms with Gasteiger partial charge < -0.3 is 40.9 Å². The molecule has 15 nitrogen and oxygen atoms in total. The summed E-state index contributed by atoms with van der Waals surface area (Å²) in [5.74, 6) is 1.83. The Bertz CT molecular complexity index is 1730. The number of hydrogen-bond acceptors (Lipinski definition) is 8. The average molecular weight is 717 g/mol. The molecule has 0 aliphatic carbocycles. The Labute approximate surface area is 301 Å². The van der Waals surface area contributed by atoms with Crippen molar-refractivity contribution < 1.29 is 43.4 Å². The number of carboxylic acid groups (broad SMARTS) is 1. The lowest BCUT2D eigenvalue weighted by Gasteiger charge is -2.28. The van der Waals surface area contributed by atoms with Crippen LogP contribution in [0.5, 0.6) is 0 Å². The predicted molar refractivity (Wildman–Crippen MR) is 188 cm³/mol. The molecule has 0 bridgehead atoms. The molecule has 276 valence electrons. The first-order valence-corrected chi connectivity index (χ1v) is 17.2. The van der Waals surface area contributed by atoms with E-state index in [9.17, 15) is 33.6 Å². The molecule has 15 heteroatoms. The van der Waals surface area contributed by atoms with Crippen molar-refractivity contribution in [2.75, 3.05) is 37.9 Å². The zero-order valence-electron chi connectivity index (χ0n) is 29.2. The Kier molecular flexibility index (Phi) is 14.3. The van der Waals surface area contributed by atoms with E-state index in [0.29, 0.717) is 30.5 Å². The summed E-state index contributed by atoms with van der Waals surface area (Å²) in [6.45, 7) is 2.42. The van der Waals surface area contributed by atoms with Crippen LogP contribution >= 0.6 is 0 Å². The number of hydrogen-bond donors (Lipinski definition) is 5. The lowest BCUT2D eigenvalue weighted by Crippen LogP contribution is -2.56. The van der Waals surface area contributed by atoms with E-state index >= 15 is 0 Å². The molecule has 1 saturated heterocycles. The zero-order chi connectivity index (χ0) is 37.6. The lowest BCUT2D eigenvalue weighted by atomic mass is 9.97. The van der Waals surface area contributed by atoms with Gasteiger partial charge >= 0.3 is 5.97 Å². The predicted octanol–water partition coefficient (Wildman–Crippen LogP) is 0.642. The maximum absolute atomic E-state index is 13.4. The number of rotatable bonds is 16. The smallest absolute Gasteiger partial charge is 0.329 e. The number of nitrogens with one attached hydrogen (secondary N) is 4. The molecule has 2 aromatic rings. The molecule has 2 aliphatic heterocycles. The third-order valence-corrected chi connectivity index (χ3v) is 8.87. The number of carbonyl (C=O) groups is 7. The normalized spacial score (nSPS) is 15.6. The number of nitrogens with zero attached hydrogens (tertiary/aromatic N) is 2. The van der Waals surface area contributed by atoms with Crippen molar-refractivity contribution in [2.45, 2.75) is 64.6 Å². The van der Waals surface area contributed by atoms with Crippen molar-refractivity contribution in [1.29, 1.82) is 0 Å². The maximum Gasteiger partial charge on any atom is 0.329 e. The van der Waals surface area contributed by atoms with Crippen LogP contribution in [-0.2, 0) is 44.8 Å². The summed E-state index contributed by atoms with van der Waals surface area (Å²) < 4.78 is 4.86. The first kappa shape index (κ1) is 39.0. The molecule has 5 N–H and O–H groups in total. The SMILES string of the molecule is CC[C@H](C)[C@H](NC(=O)[C@@H]1CCCN1C(=O)CNC(=O)CNC(=O)CCC(=O)N1Cc2ccccc2C#Cc2ccccc21)C(=O)NCOCC(=O)O. The molecule has 1 fully saturated rings. The van der Waals surface area contributed by atoms with E-state index in [0.717, 1.165) is 11.1 Å². The zero-order valence-corrected chi connectivity index (χ0v) is 29.2. The van der Waals surface area contributed by atoms with Gasteiger partial charge in [0.25, 0.3) is 0 Å². The van der Waals surface area contributed by atoms with Gasteiger partial charge in [0.05, 0.1) is 25.3 Å². The second kappa shape index (κ2) is 19.0. The van der Waals surface area contributed by atoms with Crippen molar-refractivity contribution in [3.05, 3.63) is 65.2 Å². The van der Waals surface area contributed by atoms with E-state index in [1.54, 1.807) is 11.8 Å². The lowest BCUT2D eigenvalue weighted by molar-refractivity contribution is -0.144. The van der Waals surface area contributed by atoms with Gasteiger partial charge in [-0.15, -0.1) is 0 Å². The quantitative estimate of drug-likeness (QED) is 0.0939. The summed E-state index contributed by atoms with van der Waals surface area (Å²) in [7, 11) is 0. The molecule has 6 amide bonds. The standard InChI is InChI=1S/C37H44N6O9/c1-3-24(2)35(37(51)40-23-52-22-34(48)49)41-36(50)29-13-8-18-42(29)33(47)20-39-31(45)19-38-30(44)16-17-32(46)43-21-27-11-5-4-9-25(27)14-15-26-10-6-7-12-28(26)43/h4-7,9-12,24,29,35H,3,8,13,16-23H2,1-2H3,(H,38,44)(H,39,45)(H,40,51)(H,41,50)(H,48,49)/t24-,29-,35-/m0/s1. The van der Waals surface area contributed by atoms with Crippen LogP contribution in [0.3, 0.4) is 0 Å². The van der Waals surface area contributed by atoms with Gasteiger partial charge in [0.1, 0.15) is 25.4 Å². The van der Waals surface area contributed by atoms with Crippen molar-refractivity contribution in [1.82, 2.24) is 26.2 Å². The van der Waals surface area contributed by atoms with Gasteiger partial charge in [-0.25, -0.2) is 4.79 Å². The summed E-state index contributed by atoms with van der Waals surface area (Å²) in [5.41, 5.74) is 3.05. The molecule has 4 rings (SSSR count). The first-order chi connectivity index (χ1) is 25.0. The van der Waals surface area contributed by atoms with Gasteiger partial charge in [-0.1, -0.05) is 62.4 Å². The minimum Gasteiger partial charge on any atom is -0.480 e. The Morgan fingerprint density at radius 3 is 2.33 bits per heavy atom. The fraction of sp³-hybridized carbons (Fsp3) is 0.432. The fourth-order valence-electron chi connectivity index (χ4n) is 5.83. The van der Waals surface area contributed by atoms with E-state index in [1.165, 1.54) is 4.90 Å². The van der Waals surface area contributed by atoms with E-state index in [4.69, 9.17) is 9.84 Å². The largest absolute Gasteiger partial charge is 0.480 e. The van der Waals surface area contributed by atoms with Gasteiger partial charge in [-0.05, 0) is 42.5 Å². The molecule has 0 unspecified atom stereocenters. The maximum atomic E-state index is 13.4. The number of benzene rings is 2. The number of aliphatic carboxylic acids is 1. The summed E-state index contributed by atoms with van der Waals surface area (Å²) in [6, 6.07) is 13.1. The number of ether oxygens (including phenoxy) is 1. The molecular weight excluding hydrogens is 672 g/mol.